The summed E-state index contributed by atoms with van der Waals surface area (Å²) < 4.78 is 0. The lowest BCUT2D eigenvalue weighted by molar-refractivity contribution is -0.139. The molecule has 7 heteroatoms. The summed E-state index contributed by atoms with van der Waals surface area (Å²) in [6, 6.07) is 24.5. The van der Waals surface area contributed by atoms with E-state index < -0.39 is 17.9 Å². The number of carbonyl (C=O) groups excluding carboxylic acids is 1. The van der Waals surface area contributed by atoms with Crippen molar-refractivity contribution in [1.82, 2.24) is 5.32 Å². The Morgan fingerprint density at radius 3 is 2.19 bits per heavy atom. The molecule has 0 aliphatic heterocycles. The number of carboxylic acid groups (broad SMARTS) is 1. The molecule has 0 spiro atoms. The molecular formula is C25H19N3O4. The molecule has 32 heavy (non-hydrogen) atoms. The number of carbonyl (C=O) groups is 2. The number of carboxylic acids is 1. The number of amides is 1. The molecule has 1 amide bonds. The fourth-order valence-electron chi connectivity index (χ4n) is 3.28. The molecule has 0 aromatic heterocycles. The van der Waals surface area contributed by atoms with Gasteiger partial charge in [0.25, 0.3) is 5.91 Å². The van der Waals surface area contributed by atoms with Crippen molar-refractivity contribution < 1.29 is 19.8 Å². The summed E-state index contributed by atoms with van der Waals surface area (Å²) in [5, 5.41) is 32.2. The van der Waals surface area contributed by atoms with E-state index >= 15 is 0 Å². The zero-order chi connectivity index (χ0) is 22.5. The van der Waals surface area contributed by atoms with E-state index in [0.717, 1.165) is 10.8 Å². The molecule has 0 saturated carbocycles. The Bertz CT molecular complexity index is 1300. The van der Waals surface area contributed by atoms with E-state index in [-0.39, 0.29) is 5.75 Å². The fraction of sp³-hybridized carbons (Fsp3) is 0.0400. The predicted octanol–water partition coefficient (Wildman–Crippen LogP) is 5.52. The van der Waals surface area contributed by atoms with E-state index in [1.165, 1.54) is 12.1 Å². The van der Waals surface area contributed by atoms with Crippen molar-refractivity contribution in [1.29, 1.82) is 0 Å². The van der Waals surface area contributed by atoms with Gasteiger partial charge in [0.05, 0.1) is 5.69 Å². The first-order chi connectivity index (χ1) is 15.5. The Morgan fingerprint density at radius 1 is 0.781 bits per heavy atom. The topological polar surface area (TPSA) is 111 Å². The average Bonchev–Trinajstić information content (AvgIpc) is 2.82. The number of azo groups is 1. The van der Waals surface area contributed by atoms with Gasteiger partial charge < -0.3 is 15.5 Å². The van der Waals surface area contributed by atoms with Gasteiger partial charge >= 0.3 is 5.97 Å². The molecule has 3 N–H and O–H groups in total. The van der Waals surface area contributed by atoms with Gasteiger partial charge in [-0.2, -0.15) is 5.11 Å². The number of phenolic OH excluding ortho intramolecular Hbond substituents is 1. The number of nitrogens with one attached hydrogen (secondary N) is 1. The van der Waals surface area contributed by atoms with Crippen LogP contribution in [0.25, 0.3) is 10.8 Å². The highest BCUT2D eigenvalue weighted by Gasteiger charge is 2.22. The molecule has 1 atom stereocenters. The van der Waals surface area contributed by atoms with Crippen LogP contribution in [0.5, 0.6) is 5.75 Å². The van der Waals surface area contributed by atoms with Gasteiger partial charge in [-0.05, 0) is 41.3 Å². The minimum atomic E-state index is -1.16. The van der Waals surface area contributed by atoms with Crippen molar-refractivity contribution in [3.05, 3.63) is 102 Å². The summed E-state index contributed by atoms with van der Waals surface area (Å²) >= 11 is 0. The summed E-state index contributed by atoms with van der Waals surface area (Å²) in [4.78, 5) is 24.2. The SMILES string of the molecule is O=C(NC(C(=O)O)c1ccccc1)c1ccc(N=Nc2c(O)ccc3ccccc23)cc1. The number of hydrogen-bond donors (Lipinski definition) is 3. The van der Waals surface area contributed by atoms with Gasteiger partial charge in [-0.1, -0.05) is 60.7 Å². The van der Waals surface area contributed by atoms with E-state index in [2.05, 4.69) is 15.5 Å². The van der Waals surface area contributed by atoms with Crippen LogP contribution in [0.1, 0.15) is 22.0 Å². The predicted molar refractivity (Wildman–Crippen MR) is 121 cm³/mol. The zero-order valence-corrected chi connectivity index (χ0v) is 16.8. The van der Waals surface area contributed by atoms with Crippen molar-refractivity contribution in [3.8, 4) is 5.75 Å². The molecule has 0 heterocycles. The van der Waals surface area contributed by atoms with E-state index in [9.17, 15) is 19.8 Å². The summed E-state index contributed by atoms with van der Waals surface area (Å²) in [5.41, 5.74) is 1.61. The van der Waals surface area contributed by atoms with Crippen LogP contribution in [0, 0.1) is 0 Å². The van der Waals surface area contributed by atoms with Gasteiger partial charge in [-0.25, -0.2) is 4.79 Å². The molecular weight excluding hydrogens is 406 g/mol. The van der Waals surface area contributed by atoms with Crippen LogP contribution in [-0.4, -0.2) is 22.1 Å². The number of aliphatic carboxylic acids is 1. The van der Waals surface area contributed by atoms with Gasteiger partial charge in [0, 0.05) is 10.9 Å². The maximum absolute atomic E-state index is 12.6. The van der Waals surface area contributed by atoms with Gasteiger partial charge in [0.15, 0.2) is 6.04 Å². The second kappa shape index (κ2) is 9.09. The number of fused-ring (bicyclic) bond motifs is 1. The number of hydrogen-bond acceptors (Lipinski definition) is 5. The third kappa shape index (κ3) is 4.46. The van der Waals surface area contributed by atoms with Gasteiger partial charge in [0.2, 0.25) is 0 Å². The molecule has 4 aromatic carbocycles. The molecule has 0 aliphatic carbocycles. The molecule has 0 radical (unpaired) electrons. The van der Waals surface area contributed by atoms with Crippen LogP contribution in [0.2, 0.25) is 0 Å². The van der Waals surface area contributed by atoms with Crippen LogP contribution in [0.15, 0.2) is 101 Å². The lowest BCUT2D eigenvalue weighted by Crippen LogP contribution is -2.33. The summed E-state index contributed by atoms with van der Waals surface area (Å²) in [7, 11) is 0. The first-order valence-corrected chi connectivity index (χ1v) is 9.84. The third-order valence-electron chi connectivity index (χ3n) is 4.93. The van der Waals surface area contributed by atoms with Crippen molar-refractivity contribution in [2.45, 2.75) is 6.04 Å². The summed E-state index contributed by atoms with van der Waals surface area (Å²) in [5.74, 6) is -1.65. The second-order valence-corrected chi connectivity index (χ2v) is 7.06. The van der Waals surface area contributed by atoms with E-state index in [1.54, 1.807) is 54.6 Å². The average molecular weight is 425 g/mol. The van der Waals surface area contributed by atoms with Gasteiger partial charge in [-0.3, -0.25) is 4.79 Å². The van der Waals surface area contributed by atoms with Crippen molar-refractivity contribution in [2.24, 2.45) is 10.2 Å². The largest absolute Gasteiger partial charge is 0.506 e. The highest BCUT2D eigenvalue weighted by Crippen LogP contribution is 2.35. The first-order valence-electron chi connectivity index (χ1n) is 9.84. The maximum Gasteiger partial charge on any atom is 0.330 e. The smallest absolute Gasteiger partial charge is 0.330 e. The van der Waals surface area contributed by atoms with E-state index in [4.69, 9.17) is 0 Å². The minimum absolute atomic E-state index is 0.0177. The Morgan fingerprint density at radius 2 is 1.47 bits per heavy atom. The molecule has 7 nitrogen and oxygen atoms in total. The first kappa shape index (κ1) is 20.7. The molecule has 0 saturated heterocycles. The van der Waals surface area contributed by atoms with Crippen molar-refractivity contribution in [2.75, 3.05) is 0 Å². The summed E-state index contributed by atoms with van der Waals surface area (Å²) in [6.07, 6.45) is 0. The van der Waals surface area contributed by atoms with Crippen LogP contribution in [-0.2, 0) is 4.79 Å². The van der Waals surface area contributed by atoms with Crippen molar-refractivity contribution in [3.63, 3.8) is 0 Å². The second-order valence-electron chi connectivity index (χ2n) is 7.06. The number of aromatic hydroxyl groups is 1. The lowest BCUT2D eigenvalue weighted by Gasteiger charge is -2.15. The maximum atomic E-state index is 12.6. The van der Waals surface area contributed by atoms with Gasteiger partial charge in [0.1, 0.15) is 11.4 Å². The van der Waals surface area contributed by atoms with E-state index in [1.807, 2.05) is 24.3 Å². The molecule has 4 aromatic rings. The normalized spacial score (nSPS) is 12.0. The minimum Gasteiger partial charge on any atom is -0.506 e. The van der Waals surface area contributed by atoms with Gasteiger partial charge in [-0.15, -0.1) is 5.11 Å². The highest BCUT2D eigenvalue weighted by atomic mass is 16.4. The van der Waals surface area contributed by atoms with Crippen LogP contribution < -0.4 is 5.32 Å². The molecule has 158 valence electrons. The Labute approximate surface area is 183 Å². The number of nitrogens with zero attached hydrogens (tertiary/aromatic N) is 2. The van der Waals surface area contributed by atoms with E-state index in [0.29, 0.717) is 22.5 Å². The monoisotopic (exact) mass is 425 g/mol. The molecule has 1 unspecified atom stereocenters. The Balaban J connectivity index is 1.52. The number of phenols is 1. The summed E-state index contributed by atoms with van der Waals surface area (Å²) in [6.45, 7) is 0. The van der Waals surface area contributed by atoms with Crippen molar-refractivity contribution >= 4 is 34.0 Å². The lowest BCUT2D eigenvalue weighted by atomic mass is 10.1. The third-order valence-corrected chi connectivity index (χ3v) is 4.93. The van der Waals surface area contributed by atoms with Crippen LogP contribution in [0.4, 0.5) is 11.4 Å². The Kier molecular flexibility index (Phi) is 5.89. The standard InChI is InChI=1S/C25H19N3O4/c29-21-15-12-16-6-4-5-9-20(16)23(21)28-27-19-13-10-18(11-14-19)24(30)26-22(25(31)32)17-7-2-1-3-8-17/h1-15,22,29H,(H,26,30)(H,31,32). The number of rotatable bonds is 6. The zero-order valence-electron chi connectivity index (χ0n) is 16.8. The number of benzene rings is 4. The Hall–Kier alpha value is -4.52. The molecule has 0 bridgehead atoms. The fourth-order valence-corrected chi connectivity index (χ4v) is 3.28. The molecule has 0 fully saturated rings. The van der Waals surface area contributed by atoms with Crippen LogP contribution in [0.3, 0.4) is 0 Å². The highest BCUT2D eigenvalue weighted by molar-refractivity contribution is 5.97. The quantitative estimate of drug-likeness (QED) is 0.353. The molecule has 0 aliphatic rings. The van der Waals surface area contributed by atoms with Crippen LogP contribution >= 0.6 is 0 Å². The molecule has 4 rings (SSSR count).